The van der Waals surface area contributed by atoms with Gasteiger partial charge < -0.3 is 9.73 Å². The van der Waals surface area contributed by atoms with Gasteiger partial charge in [-0.2, -0.15) is 0 Å². The van der Waals surface area contributed by atoms with Crippen LogP contribution in [0.4, 0.5) is 0 Å². The number of nitrogens with zero attached hydrogens (tertiary/aromatic N) is 1. The highest BCUT2D eigenvalue weighted by atomic mass is 35.5. The molecule has 0 bridgehead atoms. The van der Waals surface area contributed by atoms with Crippen molar-refractivity contribution in [1.29, 1.82) is 0 Å². The summed E-state index contributed by atoms with van der Waals surface area (Å²) in [6, 6.07) is 5.60. The van der Waals surface area contributed by atoms with E-state index in [0.717, 1.165) is 25.0 Å². The SMILES string of the molecule is O=c1oc2c(Cl)cccc2n1C1CCNC1. The van der Waals surface area contributed by atoms with Crippen molar-refractivity contribution < 1.29 is 4.42 Å². The van der Waals surface area contributed by atoms with Gasteiger partial charge in [-0.1, -0.05) is 17.7 Å². The van der Waals surface area contributed by atoms with Gasteiger partial charge in [-0.3, -0.25) is 4.57 Å². The van der Waals surface area contributed by atoms with Crippen LogP contribution in [-0.2, 0) is 0 Å². The van der Waals surface area contributed by atoms with Gasteiger partial charge in [0.15, 0.2) is 5.58 Å². The van der Waals surface area contributed by atoms with Crippen LogP contribution in [0.2, 0.25) is 5.02 Å². The Kier molecular flexibility index (Phi) is 2.26. The molecule has 1 fully saturated rings. The van der Waals surface area contributed by atoms with Crippen LogP contribution in [0.15, 0.2) is 27.4 Å². The van der Waals surface area contributed by atoms with Gasteiger partial charge in [-0.15, -0.1) is 0 Å². The number of halogens is 1. The minimum absolute atomic E-state index is 0.173. The Balaban J connectivity index is 2.27. The number of oxazole rings is 1. The first-order valence-corrected chi connectivity index (χ1v) is 5.65. The molecule has 2 aromatic rings. The van der Waals surface area contributed by atoms with E-state index in [2.05, 4.69) is 5.32 Å². The van der Waals surface area contributed by atoms with Crippen LogP contribution in [0.25, 0.3) is 11.1 Å². The van der Waals surface area contributed by atoms with Gasteiger partial charge in [-0.05, 0) is 25.1 Å². The van der Waals surface area contributed by atoms with E-state index in [9.17, 15) is 4.79 Å². The van der Waals surface area contributed by atoms with E-state index in [1.807, 2.05) is 12.1 Å². The zero-order valence-corrected chi connectivity index (χ0v) is 9.33. The third kappa shape index (κ3) is 1.37. The van der Waals surface area contributed by atoms with Crippen molar-refractivity contribution in [3.8, 4) is 0 Å². The number of benzene rings is 1. The maximum atomic E-state index is 11.8. The summed E-state index contributed by atoms with van der Waals surface area (Å²) in [5, 5.41) is 3.72. The van der Waals surface area contributed by atoms with Crippen LogP contribution in [-0.4, -0.2) is 17.7 Å². The molecule has 4 nitrogen and oxygen atoms in total. The second-order valence-electron chi connectivity index (χ2n) is 3.97. The lowest BCUT2D eigenvalue weighted by molar-refractivity contribution is 0.459. The molecule has 5 heteroatoms. The van der Waals surface area contributed by atoms with Crippen LogP contribution >= 0.6 is 11.6 Å². The van der Waals surface area contributed by atoms with E-state index >= 15 is 0 Å². The molecule has 0 spiro atoms. The first kappa shape index (κ1) is 9.93. The number of fused-ring (bicyclic) bond motifs is 1. The van der Waals surface area contributed by atoms with Crippen molar-refractivity contribution in [2.75, 3.05) is 13.1 Å². The van der Waals surface area contributed by atoms with E-state index in [0.29, 0.717) is 10.6 Å². The fourth-order valence-electron chi connectivity index (χ4n) is 2.23. The molecule has 3 rings (SSSR count). The van der Waals surface area contributed by atoms with Crippen molar-refractivity contribution in [3.63, 3.8) is 0 Å². The number of para-hydroxylation sites is 1. The van der Waals surface area contributed by atoms with E-state index in [4.69, 9.17) is 16.0 Å². The number of rotatable bonds is 1. The van der Waals surface area contributed by atoms with E-state index < -0.39 is 0 Å². The van der Waals surface area contributed by atoms with Crippen LogP contribution in [0, 0.1) is 0 Å². The third-order valence-electron chi connectivity index (χ3n) is 2.99. The lowest BCUT2D eigenvalue weighted by Gasteiger charge is -2.08. The molecular weight excluding hydrogens is 228 g/mol. The Morgan fingerprint density at radius 1 is 1.50 bits per heavy atom. The van der Waals surface area contributed by atoms with Crippen LogP contribution < -0.4 is 11.1 Å². The largest absolute Gasteiger partial charge is 0.420 e. The fourth-order valence-corrected chi connectivity index (χ4v) is 2.44. The predicted octanol–water partition coefficient (Wildman–Crippen LogP) is 1.78. The first-order valence-electron chi connectivity index (χ1n) is 5.27. The number of hydrogen-bond donors (Lipinski definition) is 1. The van der Waals surface area contributed by atoms with Crippen LogP contribution in [0.1, 0.15) is 12.5 Å². The Hall–Kier alpha value is -1.26. The summed E-state index contributed by atoms with van der Waals surface area (Å²) in [5.41, 5.74) is 1.27. The van der Waals surface area contributed by atoms with Gasteiger partial charge in [0, 0.05) is 6.54 Å². The van der Waals surface area contributed by atoms with Gasteiger partial charge in [0.1, 0.15) is 0 Å². The molecular formula is C11H11ClN2O2. The summed E-state index contributed by atoms with van der Waals surface area (Å²) < 4.78 is 6.89. The zero-order valence-electron chi connectivity index (χ0n) is 8.57. The Morgan fingerprint density at radius 2 is 2.38 bits per heavy atom. The van der Waals surface area contributed by atoms with E-state index in [1.165, 1.54) is 0 Å². The lowest BCUT2D eigenvalue weighted by Crippen LogP contribution is -2.22. The smallest absolute Gasteiger partial charge is 0.406 e. The van der Waals surface area contributed by atoms with Gasteiger partial charge >= 0.3 is 5.76 Å². The summed E-state index contributed by atoms with van der Waals surface area (Å²) in [6.45, 7) is 1.74. The molecule has 1 aliphatic heterocycles. The average molecular weight is 239 g/mol. The quantitative estimate of drug-likeness (QED) is 0.824. The van der Waals surface area contributed by atoms with E-state index in [1.54, 1.807) is 10.6 Å². The summed E-state index contributed by atoms with van der Waals surface area (Å²) in [4.78, 5) is 11.8. The molecule has 1 aliphatic rings. The molecule has 1 saturated heterocycles. The van der Waals surface area contributed by atoms with E-state index in [-0.39, 0.29) is 11.8 Å². The van der Waals surface area contributed by atoms with Gasteiger partial charge in [0.25, 0.3) is 0 Å². The van der Waals surface area contributed by atoms with Crippen molar-refractivity contribution >= 4 is 22.7 Å². The van der Waals surface area contributed by atoms with Gasteiger partial charge in [0.2, 0.25) is 0 Å². The molecule has 1 aromatic carbocycles. The highest BCUT2D eigenvalue weighted by Crippen LogP contribution is 2.25. The van der Waals surface area contributed by atoms with Crippen molar-refractivity contribution in [2.24, 2.45) is 0 Å². The monoisotopic (exact) mass is 238 g/mol. The summed E-state index contributed by atoms with van der Waals surface area (Å²) in [6.07, 6.45) is 0.945. The molecule has 1 N–H and O–H groups in total. The zero-order chi connectivity index (χ0) is 11.1. The molecule has 84 valence electrons. The minimum atomic E-state index is -0.322. The maximum Gasteiger partial charge on any atom is 0.420 e. The Bertz CT molecular complexity index is 581. The number of aromatic nitrogens is 1. The molecule has 0 aliphatic carbocycles. The predicted molar refractivity (Wildman–Crippen MR) is 62.0 cm³/mol. The molecule has 1 aromatic heterocycles. The molecule has 0 radical (unpaired) electrons. The third-order valence-corrected chi connectivity index (χ3v) is 3.29. The normalized spacial score (nSPS) is 20.7. The highest BCUT2D eigenvalue weighted by Gasteiger charge is 2.22. The molecule has 1 unspecified atom stereocenters. The number of nitrogens with one attached hydrogen (secondary N) is 1. The van der Waals surface area contributed by atoms with Crippen molar-refractivity contribution in [3.05, 3.63) is 33.8 Å². The average Bonchev–Trinajstić information content (AvgIpc) is 2.85. The molecule has 2 heterocycles. The maximum absolute atomic E-state index is 11.8. The summed E-state index contributed by atoms with van der Waals surface area (Å²) in [5.74, 6) is -0.322. The van der Waals surface area contributed by atoms with Gasteiger partial charge in [0.05, 0.1) is 16.6 Å². The standard InChI is InChI=1S/C11H11ClN2O2/c12-8-2-1-3-9-10(8)16-11(15)14(9)7-4-5-13-6-7/h1-3,7,13H,4-6H2. The molecule has 0 saturated carbocycles. The van der Waals surface area contributed by atoms with Gasteiger partial charge in [-0.25, -0.2) is 4.79 Å². The minimum Gasteiger partial charge on any atom is -0.406 e. The number of hydrogen-bond acceptors (Lipinski definition) is 3. The van der Waals surface area contributed by atoms with Crippen LogP contribution in [0.5, 0.6) is 0 Å². The van der Waals surface area contributed by atoms with Crippen LogP contribution in [0.3, 0.4) is 0 Å². The van der Waals surface area contributed by atoms with Crippen molar-refractivity contribution in [2.45, 2.75) is 12.5 Å². The van der Waals surface area contributed by atoms with Crippen molar-refractivity contribution in [1.82, 2.24) is 9.88 Å². The molecule has 1 atom stereocenters. The molecule has 0 amide bonds. The second kappa shape index (κ2) is 3.64. The summed E-state index contributed by atoms with van der Waals surface area (Å²) in [7, 11) is 0. The Labute approximate surface area is 96.8 Å². The fraction of sp³-hybridized carbons (Fsp3) is 0.364. The Morgan fingerprint density at radius 3 is 3.12 bits per heavy atom. The second-order valence-corrected chi connectivity index (χ2v) is 4.38. The first-order chi connectivity index (χ1) is 7.77. The highest BCUT2D eigenvalue weighted by molar-refractivity contribution is 6.34. The summed E-state index contributed by atoms with van der Waals surface area (Å²) >= 11 is 5.99. The topological polar surface area (TPSA) is 47.2 Å². The molecule has 16 heavy (non-hydrogen) atoms. The lowest BCUT2D eigenvalue weighted by atomic mass is 10.2.